The molecule has 0 saturated heterocycles. The molecule has 2 aliphatic rings. The number of azo groups is 2. The molecule has 0 atom stereocenters. The first-order chi connectivity index (χ1) is 12.4. The Morgan fingerprint density at radius 3 is 1.84 bits per heavy atom. The number of hydrogen-bond donors (Lipinski definition) is 0. The van der Waals surface area contributed by atoms with Crippen LogP contribution < -0.4 is 0 Å². The molecule has 0 aromatic heterocycles. The maximum absolute atomic E-state index is 4.65. The fourth-order valence-corrected chi connectivity index (χ4v) is 4.09. The van der Waals surface area contributed by atoms with E-state index in [1.807, 2.05) is 12.1 Å². The van der Waals surface area contributed by atoms with Gasteiger partial charge in [0.2, 0.25) is 0 Å². The molecule has 25 heavy (non-hydrogen) atoms. The van der Waals surface area contributed by atoms with Crippen molar-refractivity contribution in [2.75, 3.05) is 7.05 Å². The highest BCUT2D eigenvalue weighted by molar-refractivity contribution is 5.62. The Balaban J connectivity index is 1.71. The molecule has 2 aromatic rings. The van der Waals surface area contributed by atoms with Crippen molar-refractivity contribution in [2.45, 2.75) is 51.4 Å². The summed E-state index contributed by atoms with van der Waals surface area (Å²) in [5.74, 6) is 0. The molecule has 0 amide bonds. The minimum atomic E-state index is 0.994. The van der Waals surface area contributed by atoms with Gasteiger partial charge in [0.25, 0.3) is 0 Å². The Labute approximate surface area is 149 Å². The van der Waals surface area contributed by atoms with Gasteiger partial charge in [0.05, 0.1) is 17.1 Å². The summed E-state index contributed by atoms with van der Waals surface area (Å²) in [6.45, 7) is 0. The number of hydrogen-bond acceptors (Lipinski definition) is 4. The average Bonchev–Trinajstić information content (AvgIpc) is 2.67. The molecule has 0 bridgehead atoms. The third-order valence-electron chi connectivity index (χ3n) is 5.33. The maximum Gasteiger partial charge on any atom is 0.0893 e. The van der Waals surface area contributed by atoms with Crippen LogP contribution in [0.5, 0.6) is 0 Å². The van der Waals surface area contributed by atoms with Crippen molar-refractivity contribution in [2.24, 2.45) is 20.5 Å². The molecule has 4 heteroatoms. The molecular formula is C21H24N4. The predicted molar refractivity (Wildman–Crippen MR) is 101 cm³/mol. The molecule has 4 nitrogen and oxygen atoms in total. The van der Waals surface area contributed by atoms with Crippen molar-refractivity contribution in [1.82, 2.24) is 0 Å². The molecular weight excluding hydrogens is 308 g/mol. The fourth-order valence-electron chi connectivity index (χ4n) is 4.09. The lowest BCUT2D eigenvalue weighted by molar-refractivity contribution is 0.683. The second-order valence-corrected chi connectivity index (χ2v) is 6.89. The van der Waals surface area contributed by atoms with Crippen LogP contribution in [0.15, 0.2) is 50.8 Å². The van der Waals surface area contributed by atoms with E-state index in [0.717, 1.165) is 36.3 Å². The Bertz CT molecular complexity index is 836. The minimum absolute atomic E-state index is 0.994. The van der Waals surface area contributed by atoms with Crippen molar-refractivity contribution in [3.63, 3.8) is 0 Å². The van der Waals surface area contributed by atoms with Crippen LogP contribution in [0.25, 0.3) is 0 Å². The molecule has 0 heterocycles. The highest BCUT2D eigenvalue weighted by Gasteiger charge is 2.17. The van der Waals surface area contributed by atoms with E-state index in [9.17, 15) is 0 Å². The van der Waals surface area contributed by atoms with Gasteiger partial charge in [-0.1, -0.05) is 12.1 Å². The normalized spacial score (nSPS) is 17.0. The first kappa shape index (κ1) is 16.1. The van der Waals surface area contributed by atoms with Crippen molar-refractivity contribution in [3.8, 4) is 0 Å². The first-order valence-electron chi connectivity index (χ1n) is 9.34. The molecule has 0 N–H and O–H groups in total. The average molecular weight is 332 g/mol. The number of nitrogens with zero attached hydrogens (tertiary/aromatic N) is 4. The number of aryl methyl sites for hydroxylation is 1. The lowest BCUT2D eigenvalue weighted by Gasteiger charge is -2.19. The number of fused-ring (bicyclic) bond motifs is 2. The third-order valence-corrected chi connectivity index (χ3v) is 5.33. The van der Waals surface area contributed by atoms with Crippen LogP contribution in [0.2, 0.25) is 0 Å². The smallest absolute Gasteiger partial charge is 0.0893 e. The van der Waals surface area contributed by atoms with Crippen LogP contribution in [0, 0.1) is 0 Å². The maximum atomic E-state index is 4.65. The zero-order valence-corrected chi connectivity index (χ0v) is 14.8. The summed E-state index contributed by atoms with van der Waals surface area (Å²) in [7, 11) is 1.72. The summed E-state index contributed by atoms with van der Waals surface area (Å²) < 4.78 is 0. The second-order valence-electron chi connectivity index (χ2n) is 6.89. The largest absolute Gasteiger partial charge is 0.192 e. The second kappa shape index (κ2) is 7.26. The van der Waals surface area contributed by atoms with E-state index in [4.69, 9.17) is 0 Å². The zero-order chi connectivity index (χ0) is 17.1. The van der Waals surface area contributed by atoms with Crippen LogP contribution in [0.1, 0.15) is 47.9 Å². The van der Waals surface area contributed by atoms with Gasteiger partial charge in [0.1, 0.15) is 0 Å². The third kappa shape index (κ3) is 3.26. The highest BCUT2D eigenvalue weighted by atomic mass is 15.1. The predicted octanol–water partition coefficient (Wildman–Crippen LogP) is 6.57. The summed E-state index contributed by atoms with van der Waals surface area (Å²) in [6, 6.07) is 10.5. The summed E-state index contributed by atoms with van der Waals surface area (Å²) in [6.07, 6.45) is 9.38. The van der Waals surface area contributed by atoms with Gasteiger partial charge in [-0.3, -0.25) is 0 Å². The molecule has 0 fully saturated rings. The summed E-state index contributed by atoms with van der Waals surface area (Å²) in [4.78, 5) is 0. The van der Waals surface area contributed by atoms with E-state index in [1.165, 1.54) is 54.4 Å². The topological polar surface area (TPSA) is 49.4 Å². The van der Waals surface area contributed by atoms with Gasteiger partial charge in [-0.05, 0) is 91.8 Å². The number of rotatable bonds is 3. The van der Waals surface area contributed by atoms with E-state index in [-0.39, 0.29) is 0 Å². The molecule has 0 spiro atoms. The summed E-state index contributed by atoms with van der Waals surface area (Å²) in [5, 5.41) is 17.5. The van der Waals surface area contributed by atoms with Crippen LogP contribution >= 0.6 is 0 Å². The molecule has 4 rings (SSSR count). The Morgan fingerprint density at radius 1 is 0.600 bits per heavy atom. The first-order valence-corrected chi connectivity index (χ1v) is 9.34. The fraction of sp³-hybridized carbons (Fsp3) is 0.429. The van der Waals surface area contributed by atoms with Crippen LogP contribution in [0.4, 0.5) is 17.1 Å². The quantitative estimate of drug-likeness (QED) is 0.570. The molecule has 0 saturated carbocycles. The zero-order valence-electron chi connectivity index (χ0n) is 14.8. The van der Waals surface area contributed by atoms with Crippen molar-refractivity contribution < 1.29 is 0 Å². The lowest BCUT2D eigenvalue weighted by atomic mass is 9.89. The van der Waals surface area contributed by atoms with Gasteiger partial charge in [0.15, 0.2) is 0 Å². The van der Waals surface area contributed by atoms with E-state index >= 15 is 0 Å². The Morgan fingerprint density at radius 2 is 1.16 bits per heavy atom. The summed E-state index contributed by atoms with van der Waals surface area (Å²) >= 11 is 0. The molecule has 0 radical (unpaired) electrons. The number of benzene rings is 2. The highest BCUT2D eigenvalue weighted by Crippen LogP contribution is 2.38. The van der Waals surface area contributed by atoms with Gasteiger partial charge in [0, 0.05) is 7.05 Å². The van der Waals surface area contributed by atoms with Gasteiger partial charge in [-0.15, -0.1) is 0 Å². The van der Waals surface area contributed by atoms with Crippen LogP contribution in [-0.4, -0.2) is 7.05 Å². The van der Waals surface area contributed by atoms with Crippen molar-refractivity contribution in [1.29, 1.82) is 0 Å². The Kier molecular flexibility index (Phi) is 4.68. The van der Waals surface area contributed by atoms with Crippen LogP contribution in [0.3, 0.4) is 0 Å². The van der Waals surface area contributed by atoms with Crippen molar-refractivity contribution in [3.05, 3.63) is 52.6 Å². The van der Waals surface area contributed by atoms with E-state index in [2.05, 4.69) is 38.7 Å². The minimum Gasteiger partial charge on any atom is -0.192 e. The van der Waals surface area contributed by atoms with Gasteiger partial charge < -0.3 is 0 Å². The van der Waals surface area contributed by atoms with E-state index in [1.54, 1.807) is 7.05 Å². The van der Waals surface area contributed by atoms with E-state index in [0.29, 0.717) is 0 Å². The van der Waals surface area contributed by atoms with E-state index < -0.39 is 0 Å². The van der Waals surface area contributed by atoms with Gasteiger partial charge >= 0.3 is 0 Å². The molecule has 2 aliphatic carbocycles. The van der Waals surface area contributed by atoms with Crippen molar-refractivity contribution >= 4 is 17.1 Å². The SMILES string of the molecule is CN=Nc1ccc(N=Nc2cccc3c2CCCC3)c2c1CCCC2. The standard InChI is InChI=1S/C21H24N4/c1-22-23-20-13-14-21(18-11-5-4-10-17(18)20)25-24-19-12-6-8-15-7-2-3-9-16(15)19/h6,8,12-14H,2-5,7,9-11H2,1H3. The van der Waals surface area contributed by atoms with Gasteiger partial charge in [-0.2, -0.15) is 20.5 Å². The lowest BCUT2D eigenvalue weighted by Crippen LogP contribution is -2.03. The van der Waals surface area contributed by atoms with Gasteiger partial charge in [-0.25, -0.2) is 0 Å². The molecule has 0 aliphatic heterocycles. The Hall–Kier alpha value is -2.36. The molecule has 128 valence electrons. The molecule has 0 unspecified atom stereocenters. The monoisotopic (exact) mass is 332 g/mol. The van der Waals surface area contributed by atoms with Crippen LogP contribution in [-0.2, 0) is 25.7 Å². The summed E-state index contributed by atoms with van der Waals surface area (Å²) in [5.41, 5.74) is 8.49. The molecule has 2 aromatic carbocycles.